The molecule has 2 saturated carbocycles. The Morgan fingerprint density at radius 1 is 1.29 bits per heavy atom. The summed E-state index contributed by atoms with van der Waals surface area (Å²) in [7, 11) is 1.68. The first-order valence-electron chi connectivity index (χ1n) is 7.85. The minimum Gasteiger partial charge on any atom is -0.490 e. The van der Waals surface area contributed by atoms with Gasteiger partial charge in [0.15, 0.2) is 0 Å². The van der Waals surface area contributed by atoms with Crippen molar-refractivity contribution in [2.75, 3.05) is 20.3 Å². The lowest BCUT2D eigenvalue weighted by Gasteiger charge is -2.28. The summed E-state index contributed by atoms with van der Waals surface area (Å²) in [6.45, 7) is 1.16. The fourth-order valence-electron chi connectivity index (χ4n) is 4.06. The third kappa shape index (κ3) is 3.27. The Morgan fingerprint density at radius 2 is 2.14 bits per heavy atom. The summed E-state index contributed by atoms with van der Waals surface area (Å²) in [5.41, 5.74) is 7.77. The molecule has 3 rings (SSSR count). The van der Waals surface area contributed by atoms with E-state index < -0.39 is 0 Å². The van der Waals surface area contributed by atoms with E-state index in [4.69, 9.17) is 15.2 Å². The Hall–Kier alpha value is -0.580. The average Bonchev–Trinajstić information content (AvgIpc) is 3.11. The molecule has 2 fully saturated rings. The molecule has 0 heterocycles. The van der Waals surface area contributed by atoms with Crippen LogP contribution in [-0.2, 0) is 4.74 Å². The predicted octanol–water partition coefficient (Wildman–Crippen LogP) is 3.91. The highest BCUT2D eigenvalue weighted by Gasteiger charge is 2.42. The van der Waals surface area contributed by atoms with Crippen molar-refractivity contribution in [3.05, 3.63) is 28.2 Å². The Morgan fingerprint density at radius 3 is 2.76 bits per heavy atom. The predicted molar refractivity (Wildman–Crippen MR) is 87.4 cm³/mol. The molecule has 1 aromatic carbocycles. The van der Waals surface area contributed by atoms with Crippen LogP contribution in [0.5, 0.6) is 5.75 Å². The Kier molecular flexibility index (Phi) is 4.87. The number of halogens is 1. The molecule has 0 aliphatic heterocycles. The van der Waals surface area contributed by atoms with Crippen molar-refractivity contribution < 1.29 is 9.47 Å². The molecule has 0 amide bonds. The van der Waals surface area contributed by atoms with Gasteiger partial charge in [0, 0.05) is 13.2 Å². The molecule has 0 aromatic heterocycles. The van der Waals surface area contributed by atoms with Gasteiger partial charge in [0.1, 0.15) is 12.4 Å². The van der Waals surface area contributed by atoms with Gasteiger partial charge >= 0.3 is 0 Å². The first-order valence-corrected chi connectivity index (χ1v) is 8.65. The van der Waals surface area contributed by atoms with E-state index in [2.05, 4.69) is 28.1 Å². The van der Waals surface area contributed by atoms with E-state index in [9.17, 15) is 0 Å². The highest BCUT2D eigenvalue weighted by molar-refractivity contribution is 9.10. The number of rotatable bonds is 6. The normalized spacial score (nSPS) is 28.8. The molecule has 4 atom stereocenters. The minimum atomic E-state index is 0.157. The maximum absolute atomic E-state index is 6.55. The second kappa shape index (κ2) is 6.67. The summed E-state index contributed by atoms with van der Waals surface area (Å²) in [5, 5.41) is 0. The van der Waals surface area contributed by atoms with Crippen molar-refractivity contribution in [2.24, 2.45) is 23.5 Å². The summed E-state index contributed by atoms with van der Waals surface area (Å²) in [6, 6.07) is 6.41. The van der Waals surface area contributed by atoms with E-state index in [1.807, 2.05) is 6.07 Å². The van der Waals surface area contributed by atoms with Gasteiger partial charge in [-0.3, -0.25) is 0 Å². The van der Waals surface area contributed by atoms with Gasteiger partial charge in [0.05, 0.1) is 11.1 Å². The fourth-order valence-corrected chi connectivity index (χ4v) is 4.57. The highest BCUT2D eigenvalue weighted by Crippen LogP contribution is 2.52. The van der Waals surface area contributed by atoms with Crippen LogP contribution in [0.15, 0.2) is 22.7 Å². The van der Waals surface area contributed by atoms with E-state index in [0.717, 1.165) is 22.1 Å². The minimum absolute atomic E-state index is 0.157. The third-order valence-electron chi connectivity index (χ3n) is 5.14. The smallest absolute Gasteiger partial charge is 0.133 e. The van der Waals surface area contributed by atoms with E-state index in [1.54, 1.807) is 7.11 Å². The maximum Gasteiger partial charge on any atom is 0.133 e. The summed E-state index contributed by atoms with van der Waals surface area (Å²) in [4.78, 5) is 0. The van der Waals surface area contributed by atoms with Crippen molar-refractivity contribution in [1.82, 2.24) is 0 Å². The van der Waals surface area contributed by atoms with Gasteiger partial charge in [-0.15, -0.1) is 0 Å². The molecule has 2 aliphatic rings. The van der Waals surface area contributed by atoms with Crippen molar-refractivity contribution in [2.45, 2.75) is 31.7 Å². The van der Waals surface area contributed by atoms with Crippen LogP contribution in [-0.4, -0.2) is 20.3 Å². The summed E-state index contributed by atoms with van der Waals surface area (Å²) >= 11 is 3.60. The van der Waals surface area contributed by atoms with Gasteiger partial charge in [0.25, 0.3) is 0 Å². The molecule has 3 nitrogen and oxygen atoms in total. The first-order chi connectivity index (χ1) is 10.2. The molecule has 0 radical (unpaired) electrons. The molecule has 0 spiro atoms. The molecule has 1 aromatic rings. The molecule has 2 N–H and O–H groups in total. The Bertz CT molecular complexity index is 494. The molecular weight excluding hydrogens is 330 g/mol. The lowest BCUT2D eigenvalue weighted by molar-refractivity contribution is 0.146. The fraction of sp³-hybridized carbons (Fsp3) is 0.647. The standard InChI is InChI=1S/C17H24BrNO2/c1-20-6-7-21-16-5-4-13(10-15(16)18)17(19)14-9-11-2-3-12(14)8-11/h4-5,10-12,14,17H,2-3,6-9,19H2,1H3. The number of methoxy groups -OCH3 is 1. The molecular formula is C17H24BrNO2. The van der Waals surface area contributed by atoms with Crippen molar-refractivity contribution in [3.63, 3.8) is 0 Å². The highest BCUT2D eigenvalue weighted by atomic mass is 79.9. The van der Waals surface area contributed by atoms with Crippen LogP contribution in [0.3, 0.4) is 0 Å². The average molecular weight is 354 g/mol. The zero-order chi connectivity index (χ0) is 14.8. The van der Waals surface area contributed by atoms with Crippen LogP contribution in [0.2, 0.25) is 0 Å². The van der Waals surface area contributed by atoms with Crippen molar-refractivity contribution >= 4 is 15.9 Å². The van der Waals surface area contributed by atoms with Gasteiger partial charge in [-0.25, -0.2) is 0 Å². The van der Waals surface area contributed by atoms with Crippen LogP contribution in [0.25, 0.3) is 0 Å². The van der Waals surface area contributed by atoms with Crippen molar-refractivity contribution in [1.29, 1.82) is 0 Å². The monoisotopic (exact) mass is 353 g/mol. The summed E-state index contributed by atoms with van der Waals surface area (Å²) in [6.07, 6.45) is 5.51. The summed E-state index contributed by atoms with van der Waals surface area (Å²) in [5.74, 6) is 3.30. The number of benzene rings is 1. The second-order valence-corrected chi connectivity index (χ2v) is 7.25. The number of nitrogens with two attached hydrogens (primary N) is 1. The second-order valence-electron chi connectivity index (χ2n) is 6.40. The largest absolute Gasteiger partial charge is 0.490 e. The zero-order valence-corrected chi connectivity index (χ0v) is 14.1. The Balaban J connectivity index is 1.66. The number of fused-ring (bicyclic) bond motifs is 2. The lowest BCUT2D eigenvalue weighted by atomic mass is 9.81. The topological polar surface area (TPSA) is 44.5 Å². The molecule has 2 aliphatic carbocycles. The SMILES string of the molecule is COCCOc1ccc(C(N)C2CC3CCC2C3)cc1Br. The quantitative estimate of drug-likeness (QED) is 0.788. The molecule has 116 valence electrons. The van der Waals surface area contributed by atoms with Crippen LogP contribution in [0.1, 0.15) is 37.3 Å². The van der Waals surface area contributed by atoms with Crippen LogP contribution >= 0.6 is 15.9 Å². The van der Waals surface area contributed by atoms with Crippen LogP contribution in [0, 0.1) is 17.8 Å². The summed E-state index contributed by atoms with van der Waals surface area (Å²) < 4.78 is 11.7. The number of hydrogen-bond donors (Lipinski definition) is 1. The van der Waals surface area contributed by atoms with Crippen LogP contribution < -0.4 is 10.5 Å². The lowest BCUT2D eigenvalue weighted by Crippen LogP contribution is -2.26. The van der Waals surface area contributed by atoms with Gasteiger partial charge in [0.2, 0.25) is 0 Å². The van der Waals surface area contributed by atoms with E-state index in [-0.39, 0.29) is 6.04 Å². The van der Waals surface area contributed by atoms with E-state index in [0.29, 0.717) is 19.1 Å². The molecule has 4 unspecified atom stereocenters. The van der Waals surface area contributed by atoms with Gasteiger partial charge in [-0.1, -0.05) is 12.5 Å². The Labute approximate surface area is 135 Å². The molecule has 2 bridgehead atoms. The number of hydrogen-bond acceptors (Lipinski definition) is 3. The zero-order valence-electron chi connectivity index (χ0n) is 12.6. The van der Waals surface area contributed by atoms with E-state index in [1.165, 1.54) is 31.2 Å². The van der Waals surface area contributed by atoms with E-state index >= 15 is 0 Å². The molecule has 4 heteroatoms. The van der Waals surface area contributed by atoms with Gasteiger partial charge < -0.3 is 15.2 Å². The number of ether oxygens (including phenoxy) is 2. The molecule has 0 saturated heterocycles. The van der Waals surface area contributed by atoms with Gasteiger partial charge in [-0.2, -0.15) is 0 Å². The first kappa shape index (κ1) is 15.3. The maximum atomic E-state index is 6.55. The van der Waals surface area contributed by atoms with Crippen LogP contribution in [0.4, 0.5) is 0 Å². The van der Waals surface area contributed by atoms with Crippen molar-refractivity contribution in [3.8, 4) is 5.75 Å². The molecule has 21 heavy (non-hydrogen) atoms. The van der Waals surface area contributed by atoms with Gasteiger partial charge in [-0.05, 0) is 70.6 Å². The third-order valence-corrected chi connectivity index (χ3v) is 5.76.